The smallest absolute Gasteiger partial charge is 0.262 e. The zero-order chi connectivity index (χ0) is 18.5. The number of aromatic nitrogens is 2. The molecular formula is C20H22N4O3. The standard InChI is InChI=1S/C20H22N4O3/c1-2-26-18-5-3-7-23-20(18)27-17-11-15(12-21-13-17)19-22-8-4-9-24(19)16-6-10-25-14-16/h3-5,7-9,11-13,16,19H,2,6,10,14H2,1H3/t16?,19-/m1/s1. The summed E-state index contributed by atoms with van der Waals surface area (Å²) >= 11 is 0. The minimum Gasteiger partial charge on any atom is -0.488 e. The maximum absolute atomic E-state index is 5.94. The molecule has 0 amide bonds. The van der Waals surface area contributed by atoms with Crippen LogP contribution in [0.4, 0.5) is 0 Å². The SMILES string of the molecule is CCOc1cccnc1Oc1cncc([C@@H]2N=CC=CN2C2CCOC2)c1. The van der Waals surface area contributed by atoms with Crippen molar-refractivity contribution in [2.75, 3.05) is 19.8 Å². The molecule has 0 aliphatic carbocycles. The highest BCUT2D eigenvalue weighted by molar-refractivity contribution is 5.72. The Morgan fingerprint density at radius 3 is 3.15 bits per heavy atom. The second kappa shape index (κ2) is 8.18. The van der Waals surface area contributed by atoms with Crippen molar-refractivity contribution in [2.45, 2.75) is 25.6 Å². The quantitative estimate of drug-likeness (QED) is 0.781. The van der Waals surface area contributed by atoms with Crippen molar-refractivity contribution in [3.8, 4) is 17.4 Å². The van der Waals surface area contributed by atoms with Crippen LogP contribution in [0.2, 0.25) is 0 Å². The number of aliphatic imine (C=N–C) groups is 1. The van der Waals surface area contributed by atoms with Gasteiger partial charge in [-0.05, 0) is 37.6 Å². The molecule has 0 N–H and O–H groups in total. The molecule has 2 aliphatic rings. The number of hydrogen-bond donors (Lipinski definition) is 0. The van der Waals surface area contributed by atoms with Gasteiger partial charge in [-0.25, -0.2) is 4.98 Å². The molecule has 0 radical (unpaired) electrons. The first-order chi connectivity index (χ1) is 13.3. The maximum atomic E-state index is 5.94. The molecule has 2 aromatic rings. The van der Waals surface area contributed by atoms with E-state index < -0.39 is 0 Å². The fourth-order valence-corrected chi connectivity index (χ4v) is 3.23. The first kappa shape index (κ1) is 17.5. The summed E-state index contributed by atoms with van der Waals surface area (Å²) in [6.45, 7) is 3.97. The zero-order valence-electron chi connectivity index (χ0n) is 15.2. The summed E-state index contributed by atoms with van der Waals surface area (Å²) in [5, 5.41) is 0. The van der Waals surface area contributed by atoms with E-state index in [0.29, 0.717) is 36.6 Å². The largest absolute Gasteiger partial charge is 0.488 e. The van der Waals surface area contributed by atoms with Gasteiger partial charge in [0, 0.05) is 37.0 Å². The predicted octanol–water partition coefficient (Wildman–Crippen LogP) is 3.36. The Hall–Kier alpha value is -2.93. The molecule has 0 saturated carbocycles. The van der Waals surface area contributed by atoms with Gasteiger partial charge >= 0.3 is 0 Å². The third-order valence-corrected chi connectivity index (χ3v) is 4.46. The van der Waals surface area contributed by atoms with E-state index in [1.54, 1.807) is 12.4 Å². The van der Waals surface area contributed by atoms with Crippen molar-refractivity contribution < 1.29 is 14.2 Å². The van der Waals surface area contributed by atoms with Crippen LogP contribution in [0, 0.1) is 0 Å². The van der Waals surface area contributed by atoms with Crippen LogP contribution in [0.3, 0.4) is 0 Å². The number of hydrogen-bond acceptors (Lipinski definition) is 7. The van der Waals surface area contributed by atoms with E-state index in [4.69, 9.17) is 14.2 Å². The van der Waals surface area contributed by atoms with Crippen LogP contribution in [0.5, 0.6) is 17.4 Å². The summed E-state index contributed by atoms with van der Waals surface area (Å²) in [6, 6.07) is 5.91. The predicted molar refractivity (Wildman–Crippen MR) is 101 cm³/mol. The normalized spacial score (nSPS) is 21.4. The molecule has 140 valence electrons. The summed E-state index contributed by atoms with van der Waals surface area (Å²) in [5.74, 6) is 1.62. The molecule has 7 nitrogen and oxygen atoms in total. The molecule has 1 unspecified atom stereocenters. The van der Waals surface area contributed by atoms with Gasteiger partial charge in [-0.2, -0.15) is 0 Å². The van der Waals surface area contributed by atoms with Gasteiger partial charge in [-0.3, -0.25) is 9.98 Å². The molecule has 2 aromatic heterocycles. The first-order valence-corrected chi connectivity index (χ1v) is 9.11. The molecule has 2 aliphatic heterocycles. The van der Waals surface area contributed by atoms with Crippen LogP contribution >= 0.6 is 0 Å². The molecule has 4 heterocycles. The van der Waals surface area contributed by atoms with Crippen molar-refractivity contribution in [1.29, 1.82) is 0 Å². The molecule has 0 spiro atoms. The fraction of sp³-hybridized carbons (Fsp3) is 0.350. The Morgan fingerprint density at radius 2 is 2.30 bits per heavy atom. The van der Waals surface area contributed by atoms with Crippen molar-refractivity contribution >= 4 is 6.21 Å². The topological polar surface area (TPSA) is 69.1 Å². The minimum atomic E-state index is -0.146. The molecule has 0 aromatic carbocycles. The van der Waals surface area contributed by atoms with Gasteiger partial charge in [0.1, 0.15) is 11.9 Å². The lowest BCUT2D eigenvalue weighted by Gasteiger charge is -2.34. The number of pyridine rings is 2. The molecule has 0 bridgehead atoms. The summed E-state index contributed by atoms with van der Waals surface area (Å²) in [6.07, 6.45) is 11.8. The van der Waals surface area contributed by atoms with Gasteiger partial charge in [-0.15, -0.1) is 0 Å². The second-order valence-corrected chi connectivity index (χ2v) is 6.27. The third-order valence-electron chi connectivity index (χ3n) is 4.46. The summed E-state index contributed by atoms with van der Waals surface area (Å²) < 4.78 is 17.1. The van der Waals surface area contributed by atoms with E-state index in [2.05, 4.69) is 26.1 Å². The number of rotatable bonds is 6. The molecule has 4 rings (SSSR count). The summed E-state index contributed by atoms with van der Waals surface area (Å²) in [5.41, 5.74) is 0.953. The molecule has 2 atom stereocenters. The number of ether oxygens (including phenoxy) is 3. The van der Waals surface area contributed by atoms with Crippen molar-refractivity contribution in [2.24, 2.45) is 4.99 Å². The molecule has 27 heavy (non-hydrogen) atoms. The fourth-order valence-electron chi connectivity index (χ4n) is 3.23. The highest BCUT2D eigenvalue weighted by Crippen LogP contribution is 2.33. The van der Waals surface area contributed by atoms with Crippen LogP contribution in [-0.4, -0.2) is 46.9 Å². The van der Waals surface area contributed by atoms with E-state index in [9.17, 15) is 0 Å². The van der Waals surface area contributed by atoms with Crippen LogP contribution in [0.15, 0.2) is 54.1 Å². The van der Waals surface area contributed by atoms with E-state index in [0.717, 1.165) is 18.6 Å². The van der Waals surface area contributed by atoms with Gasteiger partial charge < -0.3 is 19.1 Å². The lowest BCUT2D eigenvalue weighted by atomic mass is 10.1. The molecule has 7 heteroatoms. The summed E-state index contributed by atoms with van der Waals surface area (Å²) in [7, 11) is 0. The van der Waals surface area contributed by atoms with Crippen LogP contribution in [0.1, 0.15) is 25.1 Å². The maximum Gasteiger partial charge on any atom is 0.262 e. The van der Waals surface area contributed by atoms with Crippen LogP contribution in [0.25, 0.3) is 0 Å². The average Bonchev–Trinajstić information content (AvgIpc) is 3.25. The summed E-state index contributed by atoms with van der Waals surface area (Å²) in [4.78, 5) is 15.5. The molecule has 1 saturated heterocycles. The lowest BCUT2D eigenvalue weighted by molar-refractivity contribution is 0.148. The first-order valence-electron chi connectivity index (χ1n) is 9.11. The van der Waals surface area contributed by atoms with Crippen molar-refractivity contribution in [1.82, 2.24) is 14.9 Å². The zero-order valence-corrected chi connectivity index (χ0v) is 15.2. The highest BCUT2D eigenvalue weighted by Gasteiger charge is 2.29. The monoisotopic (exact) mass is 366 g/mol. The lowest BCUT2D eigenvalue weighted by Crippen LogP contribution is -2.35. The highest BCUT2D eigenvalue weighted by atomic mass is 16.5. The molecular weight excluding hydrogens is 344 g/mol. The average molecular weight is 366 g/mol. The second-order valence-electron chi connectivity index (χ2n) is 6.27. The van der Waals surface area contributed by atoms with E-state index in [1.165, 1.54) is 0 Å². The Bertz CT molecular complexity index is 833. The van der Waals surface area contributed by atoms with Gasteiger partial charge in [0.05, 0.1) is 25.5 Å². The Kier molecular flexibility index (Phi) is 5.29. The van der Waals surface area contributed by atoms with Gasteiger partial charge in [0.25, 0.3) is 5.88 Å². The van der Waals surface area contributed by atoms with E-state index >= 15 is 0 Å². The Labute approximate surface area is 158 Å². The van der Waals surface area contributed by atoms with Gasteiger partial charge in [-0.1, -0.05) is 0 Å². The van der Waals surface area contributed by atoms with E-state index in [1.807, 2.05) is 43.6 Å². The minimum absolute atomic E-state index is 0.146. The number of nitrogens with zero attached hydrogens (tertiary/aromatic N) is 4. The van der Waals surface area contributed by atoms with E-state index in [-0.39, 0.29) is 6.17 Å². The Morgan fingerprint density at radius 1 is 1.33 bits per heavy atom. The van der Waals surface area contributed by atoms with Gasteiger partial charge in [0.15, 0.2) is 5.75 Å². The van der Waals surface area contributed by atoms with Gasteiger partial charge in [0.2, 0.25) is 0 Å². The third kappa shape index (κ3) is 3.93. The van der Waals surface area contributed by atoms with Crippen molar-refractivity contribution in [3.05, 3.63) is 54.6 Å². The number of allylic oxidation sites excluding steroid dienone is 1. The van der Waals surface area contributed by atoms with Crippen LogP contribution < -0.4 is 9.47 Å². The van der Waals surface area contributed by atoms with Crippen LogP contribution in [-0.2, 0) is 4.74 Å². The van der Waals surface area contributed by atoms with Crippen molar-refractivity contribution in [3.63, 3.8) is 0 Å². The molecule has 1 fully saturated rings. The Balaban J connectivity index is 1.57.